The molecule has 1 aliphatic heterocycles. The van der Waals surface area contributed by atoms with Gasteiger partial charge in [0, 0.05) is 18.8 Å². The number of aryl methyl sites for hydroxylation is 1. The Kier molecular flexibility index (Phi) is 5.45. The molecule has 0 N–H and O–H groups in total. The fraction of sp³-hybridized carbons (Fsp3) is 0.227. The Bertz CT molecular complexity index is 1100. The summed E-state index contributed by atoms with van der Waals surface area (Å²) in [4.78, 5) is 4.84. The van der Waals surface area contributed by atoms with Crippen molar-refractivity contribution >= 4 is 10.0 Å². The summed E-state index contributed by atoms with van der Waals surface area (Å²) >= 11 is 0. The Morgan fingerprint density at radius 1 is 1.03 bits per heavy atom. The van der Waals surface area contributed by atoms with Crippen molar-refractivity contribution in [2.24, 2.45) is 0 Å². The lowest BCUT2D eigenvalue weighted by atomic mass is 10.0. The van der Waals surface area contributed by atoms with E-state index in [1.54, 1.807) is 42.5 Å². The average molecular weight is 412 g/mol. The highest BCUT2D eigenvalue weighted by molar-refractivity contribution is 7.89. The highest BCUT2D eigenvalue weighted by atomic mass is 32.2. The molecule has 2 aromatic carbocycles. The van der Waals surface area contributed by atoms with E-state index >= 15 is 0 Å². The molecule has 0 spiro atoms. The van der Waals surface area contributed by atoms with Gasteiger partial charge in [-0.3, -0.25) is 4.98 Å². The second-order valence-corrected chi connectivity index (χ2v) is 8.90. The summed E-state index contributed by atoms with van der Waals surface area (Å²) in [6.45, 7) is 2.65. The van der Waals surface area contributed by atoms with Crippen LogP contribution in [-0.4, -0.2) is 37.4 Å². The number of morpholine rings is 1. The fourth-order valence-corrected chi connectivity index (χ4v) is 4.88. The minimum absolute atomic E-state index is 0.191. The number of aromatic nitrogens is 1. The number of sulfonamides is 1. The minimum atomic E-state index is -3.60. The van der Waals surface area contributed by atoms with Crippen LogP contribution in [0, 0.1) is 12.7 Å². The van der Waals surface area contributed by atoms with Crippen LogP contribution in [0.25, 0.3) is 11.1 Å². The normalized spacial score (nSPS) is 17.9. The maximum absolute atomic E-state index is 13.3. The Labute approximate surface area is 169 Å². The van der Waals surface area contributed by atoms with Gasteiger partial charge in [0.05, 0.1) is 17.2 Å². The second-order valence-electron chi connectivity index (χ2n) is 6.96. The minimum Gasteiger partial charge on any atom is -0.369 e. The van der Waals surface area contributed by atoms with E-state index in [1.165, 1.54) is 16.4 Å². The number of pyridine rings is 1. The van der Waals surface area contributed by atoms with E-state index in [0.717, 1.165) is 16.8 Å². The zero-order chi connectivity index (χ0) is 20.4. The SMILES string of the molecule is Cc1cc(-c2ccc(F)cc2)cc(C2CN(S(=O)(=O)c3ccccc3)CCO2)n1. The van der Waals surface area contributed by atoms with Crippen LogP contribution in [-0.2, 0) is 14.8 Å². The van der Waals surface area contributed by atoms with Crippen LogP contribution >= 0.6 is 0 Å². The predicted molar refractivity (Wildman–Crippen MR) is 108 cm³/mol. The van der Waals surface area contributed by atoms with Gasteiger partial charge in [0.15, 0.2) is 0 Å². The third kappa shape index (κ3) is 4.22. The van der Waals surface area contributed by atoms with Crippen LogP contribution in [0.2, 0.25) is 0 Å². The number of hydrogen-bond donors (Lipinski definition) is 0. The summed E-state index contributed by atoms with van der Waals surface area (Å²) in [6.07, 6.45) is -0.471. The van der Waals surface area contributed by atoms with Crippen molar-refractivity contribution in [1.82, 2.24) is 9.29 Å². The van der Waals surface area contributed by atoms with Gasteiger partial charge in [-0.1, -0.05) is 30.3 Å². The summed E-state index contributed by atoms with van der Waals surface area (Å²) < 4.78 is 46.5. The molecule has 29 heavy (non-hydrogen) atoms. The molecule has 0 amide bonds. The molecular weight excluding hydrogens is 391 g/mol. The average Bonchev–Trinajstić information content (AvgIpc) is 2.74. The molecule has 0 aliphatic carbocycles. The summed E-state index contributed by atoms with van der Waals surface area (Å²) in [5.41, 5.74) is 3.20. The summed E-state index contributed by atoms with van der Waals surface area (Å²) in [5, 5.41) is 0. The molecule has 0 saturated carbocycles. The van der Waals surface area contributed by atoms with E-state index in [0.29, 0.717) is 12.2 Å². The zero-order valence-electron chi connectivity index (χ0n) is 16.0. The van der Waals surface area contributed by atoms with E-state index in [2.05, 4.69) is 4.98 Å². The quantitative estimate of drug-likeness (QED) is 0.651. The number of rotatable bonds is 4. The molecule has 1 saturated heterocycles. The molecular formula is C22H21FN2O3S. The monoisotopic (exact) mass is 412 g/mol. The first-order chi connectivity index (χ1) is 13.9. The largest absolute Gasteiger partial charge is 0.369 e. The summed E-state index contributed by atoms with van der Waals surface area (Å²) in [7, 11) is -3.60. The van der Waals surface area contributed by atoms with Crippen LogP contribution in [0.1, 0.15) is 17.5 Å². The number of halogens is 1. The maximum atomic E-state index is 13.3. The molecule has 1 fully saturated rings. The standard InChI is InChI=1S/C22H21FN2O3S/c1-16-13-18(17-7-9-19(23)10-8-17)14-21(24-16)22-15-25(11-12-28-22)29(26,27)20-5-3-2-4-6-20/h2-10,13-14,22H,11-12,15H2,1H3. The van der Waals surface area contributed by atoms with Crippen LogP contribution < -0.4 is 0 Å². The molecule has 4 rings (SSSR count). The van der Waals surface area contributed by atoms with Crippen molar-refractivity contribution in [2.45, 2.75) is 17.9 Å². The lowest BCUT2D eigenvalue weighted by Gasteiger charge is -2.32. The van der Waals surface area contributed by atoms with Crippen molar-refractivity contribution in [3.63, 3.8) is 0 Å². The molecule has 1 unspecified atom stereocenters. The van der Waals surface area contributed by atoms with E-state index < -0.39 is 16.1 Å². The van der Waals surface area contributed by atoms with Crippen molar-refractivity contribution in [1.29, 1.82) is 0 Å². The molecule has 1 aliphatic rings. The molecule has 5 nitrogen and oxygen atoms in total. The topological polar surface area (TPSA) is 59.5 Å². The Morgan fingerprint density at radius 3 is 2.48 bits per heavy atom. The van der Waals surface area contributed by atoms with Gasteiger partial charge in [-0.25, -0.2) is 12.8 Å². The molecule has 2 heterocycles. The first-order valence-electron chi connectivity index (χ1n) is 9.35. The van der Waals surface area contributed by atoms with Crippen LogP contribution in [0.3, 0.4) is 0 Å². The lowest BCUT2D eigenvalue weighted by molar-refractivity contribution is -0.00497. The number of nitrogens with zero attached hydrogens (tertiary/aromatic N) is 2. The van der Waals surface area contributed by atoms with E-state index in [1.807, 2.05) is 19.1 Å². The van der Waals surface area contributed by atoms with Gasteiger partial charge < -0.3 is 4.74 Å². The fourth-order valence-electron chi connectivity index (χ4n) is 3.43. The molecule has 1 aromatic heterocycles. The van der Waals surface area contributed by atoms with Gasteiger partial charge in [-0.15, -0.1) is 0 Å². The van der Waals surface area contributed by atoms with Crippen molar-refractivity contribution in [2.75, 3.05) is 19.7 Å². The van der Waals surface area contributed by atoms with Gasteiger partial charge in [-0.2, -0.15) is 4.31 Å². The highest BCUT2D eigenvalue weighted by Crippen LogP contribution is 2.29. The molecule has 7 heteroatoms. The van der Waals surface area contributed by atoms with Gasteiger partial charge in [0.25, 0.3) is 0 Å². The smallest absolute Gasteiger partial charge is 0.243 e. The Morgan fingerprint density at radius 2 is 1.76 bits per heavy atom. The first-order valence-corrected chi connectivity index (χ1v) is 10.8. The molecule has 1 atom stereocenters. The molecule has 150 valence electrons. The lowest BCUT2D eigenvalue weighted by Crippen LogP contribution is -2.42. The molecule has 0 bridgehead atoms. The summed E-state index contributed by atoms with van der Waals surface area (Å²) in [5.74, 6) is -0.294. The van der Waals surface area contributed by atoms with E-state index in [4.69, 9.17) is 4.74 Å². The van der Waals surface area contributed by atoms with Crippen LogP contribution in [0.15, 0.2) is 71.6 Å². The molecule has 3 aromatic rings. The zero-order valence-corrected chi connectivity index (χ0v) is 16.8. The van der Waals surface area contributed by atoms with E-state index in [-0.39, 0.29) is 23.9 Å². The third-order valence-corrected chi connectivity index (χ3v) is 6.77. The van der Waals surface area contributed by atoms with Gasteiger partial charge in [0.2, 0.25) is 10.0 Å². The van der Waals surface area contributed by atoms with Gasteiger partial charge in [0.1, 0.15) is 11.9 Å². The Balaban J connectivity index is 1.62. The first kappa shape index (κ1) is 19.7. The predicted octanol–water partition coefficient (Wildman–Crippen LogP) is 3.96. The highest BCUT2D eigenvalue weighted by Gasteiger charge is 2.32. The van der Waals surface area contributed by atoms with Crippen molar-refractivity contribution in [3.05, 3.63) is 83.9 Å². The Hall–Kier alpha value is -2.61. The van der Waals surface area contributed by atoms with Crippen molar-refractivity contribution < 1.29 is 17.5 Å². The number of hydrogen-bond acceptors (Lipinski definition) is 4. The number of benzene rings is 2. The molecule has 0 radical (unpaired) electrons. The third-order valence-electron chi connectivity index (χ3n) is 4.89. The van der Waals surface area contributed by atoms with Gasteiger partial charge in [-0.05, 0) is 54.4 Å². The second kappa shape index (κ2) is 8.02. The van der Waals surface area contributed by atoms with Gasteiger partial charge >= 0.3 is 0 Å². The van der Waals surface area contributed by atoms with Crippen LogP contribution in [0.4, 0.5) is 4.39 Å². The maximum Gasteiger partial charge on any atom is 0.243 e. The van der Waals surface area contributed by atoms with E-state index in [9.17, 15) is 12.8 Å². The van der Waals surface area contributed by atoms with Crippen molar-refractivity contribution in [3.8, 4) is 11.1 Å². The van der Waals surface area contributed by atoms with Crippen LogP contribution in [0.5, 0.6) is 0 Å². The summed E-state index contributed by atoms with van der Waals surface area (Å²) in [6, 6.07) is 18.4. The number of ether oxygens (including phenoxy) is 1.